The summed E-state index contributed by atoms with van der Waals surface area (Å²) in [5.74, 6) is 0.894. The van der Waals surface area contributed by atoms with E-state index in [1.807, 2.05) is 38.7 Å². The topological polar surface area (TPSA) is 29.9 Å². The Bertz CT molecular complexity index is 169. The van der Waals surface area contributed by atoms with Crippen molar-refractivity contribution in [3.8, 4) is 0 Å². The Hall–Kier alpha value is -0.990. The van der Waals surface area contributed by atoms with E-state index in [-0.39, 0.29) is 0 Å². The fraction of sp³-hybridized carbons (Fsp3) is 0.571. The zero-order valence-corrected chi connectivity index (χ0v) is 7.05. The average Bonchev–Trinajstić information content (AvgIpc) is 2.39. The molecule has 3 heteroatoms. The minimum absolute atomic E-state index is 0.894. The van der Waals surface area contributed by atoms with Crippen LogP contribution >= 0.6 is 0 Å². The molecule has 10 heavy (non-hydrogen) atoms. The van der Waals surface area contributed by atoms with Crippen molar-refractivity contribution in [2.24, 2.45) is 7.05 Å². The number of nitrogens with zero attached hydrogens (tertiary/aromatic N) is 2. The number of rotatable bonds is 1. The van der Waals surface area contributed by atoms with Crippen LogP contribution in [-0.4, -0.2) is 16.6 Å². The molecule has 0 unspecified atom stereocenters. The maximum atomic E-state index is 3.99. The third kappa shape index (κ3) is 2.09. The summed E-state index contributed by atoms with van der Waals surface area (Å²) in [6.45, 7) is 4.00. The highest BCUT2D eigenvalue weighted by atomic mass is 15.2. The highest BCUT2D eigenvalue weighted by Crippen LogP contribution is 1.96. The summed E-state index contributed by atoms with van der Waals surface area (Å²) in [5.41, 5.74) is 0. The number of aryl methyl sites for hydroxylation is 1. The summed E-state index contributed by atoms with van der Waals surface area (Å²) in [6.07, 6.45) is 3.65. The Morgan fingerprint density at radius 1 is 1.50 bits per heavy atom. The van der Waals surface area contributed by atoms with Gasteiger partial charge in [0.2, 0.25) is 5.95 Å². The molecule has 1 heterocycles. The molecule has 1 aromatic heterocycles. The first-order chi connectivity index (χ1) is 4.84. The van der Waals surface area contributed by atoms with Gasteiger partial charge in [0, 0.05) is 26.5 Å². The van der Waals surface area contributed by atoms with E-state index in [1.54, 1.807) is 6.20 Å². The highest BCUT2D eigenvalue weighted by Gasteiger charge is 1.89. The predicted molar refractivity (Wildman–Crippen MR) is 44.1 cm³/mol. The van der Waals surface area contributed by atoms with Crippen LogP contribution < -0.4 is 5.32 Å². The largest absolute Gasteiger partial charge is 0.359 e. The van der Waals surface area contributed by atoms with Gasteiger partial charge in [-0.3, -0.25) is 0 Å². The number of imidazole rings is 1. The molecule has 0 amide bonds. The smallest absolute Gasteiger partial charge is 0.202 e. The molecular formula is C7H15N3. The van der Waals surface area contributed by atoms with Crippen molar-refractivity contribution in [3.63, 3.8) is 0 Å². The van der Waals surface area contributed by atoms with Crippen LogP contribution in [0.3, 0.4) is 0 Å². The Labute approximate surface area is 62.1 Å². The number of hydrogen-bond acceptors (Lipinski definition) is 2. The van der Waals surface area contributed by atoms with Gasteiger partial charge in [-0.15, -0.1) is 0 Å². The van der Waals surface area contributed by atoms with E-state index in [2.05, 4.69) is 10.3 Å². The lowest BCUT2D eigenvalue weighted by molar-refractivity contribution is 0.919. The zero-order valence-electron chi connectivity index (χ0n) is 7.05. The molecule has 0 saturated heterocycles. The van der Waals surface area contributed by atoms with Gasteiger partial charge in [-0.05, 0) is 0 Å². The van der Waals surface area contributed by atoms with E-state index in [0.717, 1.165) is 5.95 Å². The Kier molecular flexibility index (Phi) is 4.37. The second kappa shape index (κ2) is 4.85. The van der Waals surface area contributed by atoms with Gasteiger partial charge in [0.05, 0.1) is 0 Å². The van der Waals surface area contributed by atoms with Gasteiger partial charge >= 0.3 is 0 Å². The van der Waals surface area contributed by atoms with Gasteiger partial charge in [-0.25, -0.2) is 4.98 Å². The minimum Gasteiger partial charge on any atom is -0.359 e. The van der Waals surface area contributed by atoms with Gasteiger partial charge in [0.1, 0.15) is 0 Å². The molecule has 1 aromatic rings. The summed E-state index contributed by atoms with van der Waals surface area (Å²) in [4.78, 5) is 3.99. The van der Waals surface area contributed by atoms with Crippen molar-refractivity contribution < 1.29 is 0 Å². The van der Waals surface area contributed by atoms with Crippen molar-refractivity contribution in [2.45, 2.75) is 13.8 Å². The van der Waals surface area contributed by atoms with Crippen molar-refractivity contribution in [1.82, 2.24) is 9.55 Å². The highest BCUT2D eigenvalue weighted by molar-refractivity contribution is 5.23. The van der Waals surface area contributed by atoms with Gasteiger partial charge < -0.3 is 9.88 Å². The molecule has 1 rings (SSSR count). The molecule has 0 aliphatic rings. The van der Waals surface area contributed by atoms with Gasteiger partial charge in [0.15, 0.2) is 0 Å². The Balaban J connectivity index is 0.000000371. The number of hydrogen-bond donors (Lipinski definition) is 1. The molecule has 0 atom stereocenters. The van der Waals surface area contributed by atoms with E-state index in [1.165, 1.54) is 0 Å². The summed E-state index contributed by atoms with van der Waals surface area (Å²) < 4.78 is 1.92. The van der Waals surface area contributed by atoms with Crippen molar-refractivity contribution >= 4 is 5.95 Å². The molecule has 3 nitrogen and oxygen atoms in total. The molecule has 0 aliphatic heterocycles. The van der Waals surface area contributed by atoms with E-state index in [9.17, 15) is 0 Å². The second-order valence-corrected chi connectivity index (χ2v) is 1.61. The monoisotopic (exact) mass is 141 g/mol. The molecule has 1 N–H and O–H groups in total. The number of aromatic nitrogens is 2. The van der Waals surface area contributed by atoms with Crippen LogP contribution in [0, 0.1) is 0 Å². The molecule has 0 bridgehead atoms. The Morgan fingerprint density at radius 3 is 2.30 bits per heavy atom. The summed E-state index contributed by atoms with van der Waals surface area (Å²) in [7, 11) is 3.79. The zero-order chi connectivity index (χ0) is 7.98. The van der Waals surface area contributed by atoms with Crippen molar-refractivity contribution in [2.75, 3.05) is 12.4 Å². The lowest BCUT2D eigenvalue weighted by Crippen LogP contribution is -1.96. The maximum absolute atomic E-state index is 3.99. The third-order valence-corrected chi connectivity index (χ3v) is 1.04. The molecule has 0 spiro atoms. The lowest BCUT2D eigenvalue weighted by Gasteiger charge is -1.95. The van der Waals surface area contributed by atoms with Gasteiger partial charge in [-0.1, -0.05) is 13.8 Å². The predicted octanol–water partition coefficient (Wildman–Crippen LogP) is 1.49. The molecule has 0 aromatic carbocycles. The average molecular weight is 141 g/mol. The van der Waals surface area contributed by atoms with E-state index < -0.39 is 0 Å². The maximum Gasteiger partial charge on any atom is 0.202 e. The lowest BCUT2D eigenvalue weighted by atomic mass is 10.9. The van der Waals surface area contributed by atoms with Crippen LogP contribution in [-0.2, 0) is 7.05 Å². The van der Waals surface area contributed by atoms with E-state index >= 15 is 0 Å². The Morgan fingerprint density at radius 2 is 2.10 bits per heavy atom. The third-order valence-electron chi connectivity index (χ3n) is 1.04. The molecule has 0 saturated carbocycles. The first-order valence-corrected chi connectivity index (χ1v) is 3.49. The van der Waals surface area contributed by atoms with Crippen molar-refractivity contribution in [1.29, 1.82) is 0 Å². The molecule has 0 aliphatic carbocycles. The van der Waals surface area contributed by atoms with Crippen LogP contribution in [0.15, 0.2) is 12.4 Å². The van der Waals surface area contributed by atoms with Crippen LogP contribution in [0.4, 0.5) is 5.95 Å². The number of nitrogens with one attached hydrogen (secondary N) is 1. The van der Waals surface area contributed by atoms with Crippen LogP contribution in [0.5, 0.6) is 0 Å². The summed E-state index contributed by atoms with van der Waals surface area (Å²) in [5, 5.41) is 2.93. The standard InChI is InChI=1S/C5H9N3.C2H6/c1-6-5-7-3-4-8(5)2;1-2/h3-4H,1-2H3,(H,6,7);1-2H3. The van der Waals surface area contributed by atoms with Gasteiger partial charge in [0.25, 0.3) is 0 Å². The molecule has 0 radical (unpaired) electrons. The second-order valence-electron chi connectivity index (χ2n) is 1.61. The quantitative estimate of drug-likeness (QED) is 0.642. The molecule has 0 fully saturated rings. The number of anilines is 1. The van der Waals surface area contributed by atoms with Crippen molar-refractivity contribution in [3.05, 3.63) is 12.4 Å². The van der Waals surface area contributed by atoms with Crippen LogP contribution in [0.1, 0.15) is 13.8 Å². The fourth-order valence-corrected chi connectivity index (χ4v) is 0.607. The van der Waals surface area contributed by atoms with Crippen LogP contribution in [0.25, 0.3) is 0 Å². The minimum atomic E-state index is 0.894. The summed E-state index contributed by atoms with van der Waals surface area (Å²) in [6, 6.07) is 0. The van der Waals surface area contributed by atoms with E-state index in [0.29, 0.717) is 0 Å². The molecular weight excluding hydrogens is 126 g/mol. The van der Waals surface area contributed by atoms with E-state index in [4.69, 9.17) is 0 Å². The normalized spacial score (nSPS) is 8.00. The molecule has 58 valence electrons. The van der Waals surface area contributed by atoms with Crippen LogP contribution in [0.2, 0.25) is 0 Å². The SMILES string of the molecule is CC.CNc1nccn1C. The fourth-order valence-electron chi connectivity index (χ4n) is 0.607. The first kappa shape index (κ1) is 9.01. The summed E-state index contributed by atoms with van der Waals surface area (Å²) >= 11 is 0. The van der Waals surface area contributed by atoms with Gasteiger partial charge in [-0.2, -0.15) is 0 Å². The first-order valence-electron chi connectivity index (χ1n) is 3.49.